The number of hydrogen-bond donors (Lipinski definition) is 0. The first-order valence-electron chi connectivity index (χ1n) is 9.94. The summed E-state index contributed by atoms with van der Waals surface area (Å²) in [6.45, 7) is 2.10. The SMILES string of the molecule is COc1cccc2c1CCCC2CN(C)CCc1ccc2s[n+](=O)ccc2c1. The molecule has 3 aromatic rings. The number of nitrogens with zero attached hydrogens (tertiary/aromatic N) is 2. The monoisotopic (exact) mass is 395 g/mol. The van der Waals surface area contributed by atoms with Gasteiger partial charge in [-0.05, 0) is 73.5 Å². The number of rotatable bonds is 6. The Balaban J connectivity index is 1.41. The molecule has 5 heteroatoms. The number of benzene rings is 2. The van der Waals surface area contributed by atoms with Crippen molar-refractivity contribution in [3.8, 4) is 5.75 Å². The minimum Gasteiger partial charge on any atom is -0.496 e. The smallest absolute Gasteiger partial charge is 0.245 e. The van der Waals surface area contributed by atoms with Crippen molar-refractivity contribution in [3.63, 3.8) is 0 Å². The normalized spacial score (nSPS) is 16.3. The van der Waals surface area contributed by atoms with E-state index in [4.69, 9.17) is 4.74 Å². The van der Waals surface area contributed by atoms with Crippen molar-refractivity contribution >= 4 is 21.6 Å². The molecule has 1 aliphatic carbocycles. The molecule has 4 rings (SSSR count). The van der Waals surface area contributed by atoms with E-state index in [2.05, 4.69) is 48.3 Å². The standard InChI is InChI=1S/C23H27N2O2S/c1-24(13-11-17-9-10-23-18(15-17)12-14-25(26)28-23)16-19-5-3-7-21-20(19)6-4-8-22(21)27-2/h4,6,8-10,12,14-15,19H,3,5,7,11,13,16H2,1-2H3/q+1. The van der Waals surface area contributed by atoms with Gasteiger partial charge < -0.3 is 9.64 Å². The molecule has 0 N–H and O–H groups in total. The van der Waals surface area contributed by atoms with Crippen LogP contribution >= 0.6 is 11.5 Å². The molecule has 0 radical (unpaired) electrons. The van der Waals surface area contributed by atoms with E-state index in [1.807, 2.05) is 6.07 Å². The molecule has 0 saturated heterocycles. The van der Waals surface area contributed by atoms with Crippen LogP contribution in [-0.4, -0.2) is 32.1 Å². The number of fused-ring (bicyclic) bond motifs is 2. The maximum Gasteiger partial charge on any atom is 0.245 e. The van der Waals surface area contributed by atoms with Crippen LogP contribution in [0, 0.1) is 4.91 Å². The van der Waals surface area contributed by atoms with Crippen LogP contribution in [0.5, 0.6) is 5.75 Å². The van der Waals surface area contributed by atoms with Gasteiger partial charge in [-0.25, -0.2) is 0 Å². The highest BCUT2D eigenvalue weighted by atomic mass is 32.1. The fourth-order valence-corrected chi connectivity index (χ4v) is 4.99. The average molecular weight is 396 g/mol. The van der Waals surface area contributed by atoms with Crippen LogP contribution in [0.25, 0.3) is 10.1 Å². The van der Waals surface area contributed by atoms with Crippen molar-refractivity contribution in [1.82, 2.24) is 4.90 Å². The van der Waals surface area contributed by atoms with Gasteiger partial charge in [0.1, 0.15) is 14.3 Å². The van der Waals surface area contributed by atoms with E-state index >= 15 is 0 Å². The Morgan fingerprint density at radius 1 is 1.25 bits per heavy atom. The molecule has 0 aliphatic heterocycles. The van der Waals surface area contributed by atoms with Gasteiger partial charge in [0.25, 0.3) is 0 Å². The summed E-state index contributed by atoms with van der Waals surface area (Å²) in [6.07, 6.45) is 6.20. The van der Waals surface area contributed by atoms with E-state index in [9.17, 15) is 4.91 Å². The highest BCUT2D eigenvalue weighted by Crippen LogP contribution is 2.36. The Morgan fingerprint density at radius 2 is 2.14 bits per heavy atom. The molecule has 1 aromatic heterocycles. The lowest BCUT2D eigenvalue weighted by Crippen LogP contribution is -2.28. The predicted molar refractivity (Wildman–Crippen MR) is 115 cm³/mol. The summed E-state index contributed by atoms with van der Waals surface area (Å²) in [5.74, 6) is 1.62. The molecule has 4 nitrogen and oxygen atoms in total. The van der Waals surface area contributed by atoms with Crippen molar-refractivity contribution in [1.29, 1.82) is 0 Å². The number of likely N-dealkylation sites (N-methyl/N-ethyl adjacent to an activating group) is 1. The van der Waals surface area contributed by atoms with Gasteiger partial charge in [-0.3, -0.25) is 0 Å². The van der Waals surface area contributed by atoms with Gasteiger partial charge in [-0.2, -0.15) is 0 Å². The second kappa shape index (κ2) is 8.41. The third kappa shape index (κ3) is 4.10. The second-order valence-corrected chi connectivity index (χ2v) is 8.68. The van der Waals surface area contributed by atoms with E-state index in [1.165, 1.54) is 41.1 Å². The van der Waals surface area contributed by atoms with Crippen molar-refractivity contribution < 1.29 is 8.55 Å². The van der Waals surface area contributed by atoms with Gasteiger partial charge in [-0.15, -0.1) is 0 Å². The Labute approximate surface area is 170 Å². The van der Waals surface area contributed by atoms with E-state index in [0.717, 1.165) is 45.6 Å². The molecule has 0 spiro atoms. The van der Waals surface area contributed by atoms with Crippen LogP contribution < -0.4 is 8.55 Å². The molecule has 146 valence electrons. The van der Waals surface area contributed by atoms with Crippen molar-refractivity contribution in [2.45, 2.75) is 31.6 Å². The van der Waals surface area contributed by atoms with Gasteiger partial charge in [-0.1, -0.05) is 18.2 Å². The van der Waals surface area contributed by atoms with Gasteiger partial charge in [0, 0.05) is 29.4 Å². The topological polar surface area (TPSA) is 35.4 Å². The van der Waals surface area contributed by atoms with Crippen LogP contribution in [0.15, 0.2) is 48.7 Å². The second-order valence-electron chi connectivity index (χ2n) is 7.69. The van der Waals surface area contributed by atoms with Crippen molar-refractivity contribution in [3.05, 3.63) is 70.3 Å². The highest BCUT2D eigenvalue weighted by molar-refractivity contribution is 7.09. The third-order valence-electron chi connectivity index (χ3n) is 5.76. The fourth-order valence-electron chi connectivity index (χ4n) is 4.32. The molecule has 0 fully saturated rings. The molecule has 2 aromatic carbocycles. The molecular formula is C23H27N2O2S+. The zero-order valence-electron chi connectivity index (χ0n) is 16.6. The van der Waals surface area contributed by atoms with Crippen LogP contribution in [0.1, 0.15) is 35.4 Å². The summed E-state index contributed by atoms with van der Waals surface area (Å²) in [6, 6.07) is 14.8. The quantitative estimate of drug-likeness (QED) is 0.580. The summed E-state index contributed by atoms with van der Waals surface area (Å²) in [5, 5.41) is 1.14. The predicted octanol–water partition coefficient (Wildman–Crippen LogP) is 4.42. The van der Waals surface area contributed by atoms with Crippen LogP contribution in [0.4, 0.5) is 0 Å². The first kappa shape index (κ1) is 19.1. The van der Waals surface area contributed by atoms with Crippen LogP contribution in [-0.2, 0) is 12.8 Å². The summed E-state index contributed by atoms with van der Waals surface area (Å²) in [4.78, 5) is 13.9. The molecule has 0 saturated carbocycles. The molecule has 0 amide bonds. The highest BCUT2D eigenvalue weighted by Gasteiger charge is 2.23. The molecule has 1 unspecified atom stereocenters. The van der Waals surface area contributed by atoms with Gasteiger partial charge >= 0.3 is 0 Å². The van der Waals surface area contributed by atoms with Gasteiger partial charge in [0.15, 0.2) is 0 Å². The number of aromatic nitrogens is 1. The lowest BCUT2D eigenvalue weighted by atomic mass is 9.82. The maximum absolute atomic E-state index is 11.4. The minimum absolute atomic E-state index is 0.578. The third-order valence-corrected chi connectivity index (χ3v) is 6.63. The molecule has 1 aliphatic rings. The molecule has 0 bridgehead atoms. The van der Waals surface area contributed by atoms with E-state index in [-0.39, 0.29) is 0 Å². The lowest BCUT2D eigenvalue weighted by molar-refractivity contribution is -0.414. The van der Waals surface area contributed by atoms with Crippen LogP contribution in [0.3, 0.4) is 0 Å². The zero-order chi connectivity index (χ0) is 19.5. The van der Waals surface area contributed by atoms with Crippen molar-refractivity contribution in [2.75, 3.05) is 27.2 Å². The summed E-state index contributed by atoms with van der Waals surface area (Å²) < 4.78 is 7.51. The molecule has 1 heterocycles. The Kier molecular flexibility index (Phi) is 5.74. The maximum atomic E-state index is 11.4. The largest absolute Gasteiger partial charge is 0.496 e. The zero-order valence-corrected chi connectivity index (χ0v) is 17.4. The Hall–Kier alpha value is -2.24. The summed E-state index contributed by atoms with van der Waals surface area (Å²) >= 11 is 1.23. The Bertz CT molecular complexity index is 1030. The van der Waals surface area contributed by atoms with Gasteiger partial charge in [0.05, 0.1) is 7.11 Å². The van der Waals surface area contributed by atoms with E-state index in [1.54, 1.807) is 13.3 Å². The number of hydrogen-bond acceptors (Lipinski definition) is 4. The Morgan fingerprint density at radius 3 is 3.00 bits per heavy atom. The first-order chi connectivity index (χ1) is 13.6. The van der Waals surface area contributed by atoms with E-state index in [0.29, 0.717) is 5.92 Å². The minimum atomic E-state index is 0.578. The van der Waals surface area contributed by atoms with Crippen LogP contribution in [0.2, 0.25) is 0 Å². The van der Waals surface area contributed by atoms with E-state index < -0.39 is 0 Å². The molecule has 28 heavy (non-hydrogen) atoms. The lowest BCUT2D eigenvalue weighted by Gasteiger charge is -2.30. The number of ether oxygens (including phenoxy) is 1. The van der Waals surface area contributed by atoms with Gasteiger partial charge in [0.2, 0.25) is 17.7 Å². The molecular weight excluding hydrogens is 368 g/mol. The van der Waals surface area contributed by atoms with Crippen molar-refractivity contribution in [2.24, 2.45) is 0 Å². The summed E-state index contributed by atoms with van der Waals surface area (Å²) in [5.41, 5.74) is 4.19. The average Bonchev–Trinajstić information content (AvgIpc) is 2.72. The molecule has 1 atom stereocenters. The number of methoxy groups -OCH3 is 1. The summed E-state index contributed by atoms with van der Waals surface area (Å²) in [7, 11) is 3.99. The fraction of sp³-hybridized carbons (Fsp3) is 0.391. The first-order valence-corrected chi connectivity index (χ1v) is 10.7.